The van der Waals surface area contributed by atoms with Crippen molar-refractivity contribution in [3.05, 3.63) is 0 Å². The first-order valence-corrected chi connectivity index (χ1v) is 4.76. The van der Waals surface area contributed by atoms with Gasteiger partial charge in [-0.3, -0.25) is 4.55 Å². The van der Waals surface area contributed by atoms with Crippen molar-refractivity contribution in [1.29, 1.82) is 0 Å². The molecule has 1 aliphatic heterocycles. The van der Waals surface area contributed by atoms with Crippen molar-refractivity contribution < 1.29 is 17.4 Å². The van der Waals surface area contributed by atoms with E-state index in [1.165, 1.54) is 7.05 Å². The number of thiol groups is 1. The number of hydrogen-bond donors (Lipinski definition) is 2. The lowest BCUT2D eigenvalue weighted by Crippen LogP contribution is -2.49. The summed E-state index contributed by atoms with van der Waals surface area (Å²) in [6.45, 7) is 0. The first-order valence-electron chi connectivity index (χ1n) is 3.18. The van der Waals surface area contributed by atoms with Crippen LogP contribution in [0, 0.1) is 0 Å². The van der Waals surface area contributed by atoms with Crippen LogP contribution in [0.15, 0.2) is 0 Å². The molecule has 1 amide bonds. The Kier molecular flexibility index (Phi) is 2.38. The molecule has 1 heterocycles. The largest absolute Gasteiger partial charge is 0.366 e. The highest BCUT2D eigenvalue weighted by Crippen LogP contribution is 2.29. The van der Waals surface area contributed by atoms with Gasteiger partial charge in [0.25, 0.3) is 0 Å². The van der Waals surface area contributed by atoms with Gasteiger partial charge in [0.15, 0.2) is 5.37 Å². The summed E-state index contributed by atoms with van der Waals surface area (Å²) in [6, 6.07) is 0. The molecule has 0 aromatic rings. The zero-order valence-electron chi connectivity index (χ0n) is 6.06. The second kappa shape index (κ2) is 2.85. The van der Waals surface area contributed by atoms with Crippen molar-refractivity contribution in [2.45, 2.75) is 18.2 Å². The highest BCUT2D eigenvalue weighted by atomic mass is 32.2. The molecule has 0 aliphatic carbocycles. The molecule has 1 saturated heterocycles. The van der Waals surface area contributed by atoms with E-state index in [1.807, 2.05) is 0 Å². The number of rotatable bonds is 1. The van der Waals surface area contributed by atoms with Crippen LogP contribution < -0.4 is 0 Å². The first-order chi connectivity index (χ1) is 4.99. The van der Waals surface area contributed by atoms with Crippen LogP contribution in [0.2, 0.25) is 0 Å². The third-order valence-electron chi connectivity index (χ3n) is 2.00. The van der Waals surface area contributed by atoms with E-state index in [4.69, 9.17) is 4.55 Å². The first kappa shape index (κ1) is 9.18. The van der Waals surface area contributed by atoms with E-state index in [0.717, 1.165) is 0 Å². The summed E-state index contributed by atoms with van der Waals surface area (Å²) in [5.41, 5.74) is 0. The molecule has 11 heavy (non-hydrogen) atoms. The van der Waals surface area contributed by atoms with Crippen LogP contribution in [-0.2, 0) is 16.1 Å². The van der Waals surface area contributed by atoms with Gasteiger partial charge in [-0.1, -0.05) is 0 Å². The maximum Gasteiger partial charge on any atom is 0.366 e. The van der Waals surface area contributed by atoms with E-state index < -0.39 is 15.2 Å². The zero-order chi connectivity index (χ0) is 8.65. The quantitative estimate of drug-likeness (QED) is 0.356. The average Bonchev–Trinajstić information content (AvgIpc) is 2.18. The zero-order valence-corrected chi connectivity index (χ0v) is 7.77. The average molecular weight is 196 g/mol. The summed E-state index contributed by atoms with van der Waals surface area (Å²) in [4.78, 5) is 11.1. The fourth-order valence-electron chi connectivity index (χ4n) is 1.08. The number of amides is 1. The standard InChI is InChI=1S/C5H9NO3S2/c1-6(11(8)9)4(7)2-3-5(6)10/h5H,2-3H2,1H3,(H-,8,9,10)/p+1. The van der Waals surface area contributed by atoms with Crippen LogP contribution in [0.5, 0.6) is 0 Å². The third kappa shape index (κ3) is 1.24. The minimum Gasteiger partial charge on any atom is -0.260 e. The minimum atomic E-state index is -2.16. The second-order valence-corrected chi connectivity index (χ2v) is 4.45. The third-order valence-corrected chi connectivity index (χ3v) is 3.99. The number of carbonyl (C=O) groups is 1. The van der Waals surface area contributed by atoms with E-state index in [2.05, 4.69) is 12.6 Å². The van der Waals surface area contributed by atoms with Gasteiger partial charge in [0.1, 0.15) is 0 Å². The maximum atomic E-state index is 11.1. The Bertz CT molecular complexity index is 220. The summed E-state index contributed by atoms with van der Waals surface area (Å²) in [5, 5.41) is -0.340. The molecular weight excluding hydrogens is 186 g/mol. The van der Waals surface area contributed by atoms with Gasteiger partial charge in [0, 0.05) is 6.42 Å². The molecule has 64 valence electrons. The number of likely N-dealkylation sites (tertiary alicyclic amines) is 1. The molecule has 3 unspecified atom stereocenters. The van der Waals surface area contributed by atoms with Crippen LogP contribution in [0.25, 0.3) is 0 Å². The highest BCUT2D eigenvalue weighted by molar-refractivity contribution is 7.81. The van der Waals surface area contributed by atoms with Gasteiger partial charge >= 0.3 is 17.2 Å². The van der Waals surface area contributed by atoms with E-state index >= 15 is 0 Å². The van der Waals surface area contributed by atoms with E-state index in [-0.39, 0.29) is 11.3 Å². The monoisotopic (exact) mass is 196 g/mol. The van der Waals surface area contributed by atoms with Crippen molar-refractivity contribution in [2.24, 2.45) is 0 Å². The molecule has 0 aromatic carbocycles. The Morgan fingerprint density at radius 3 is 2.55 bits per heavy atom. The molecule has 1 aliphatic rings. The lowest BCUT2D eigenvalue weighted by Gasteiger charge is -2.23. The van der Waals surface area contributed by atoms with Gasteiger partial charge in [-0.15, -0.1) is 16.5 Å². The second-order valence-electron chi connectivity index (χ2n) is 2.63. The maximum absolute atomic E-state index is 11.1. The van der Waals surface area contributed by atoms with Gasteiger partial charge in [0.2, 0.25) is 0 Å². The summed E-state index contributed by atoms with van der Waals surface area (Å²) in [6.07, 6.45) is 0.918. The van der Waals surface area contributed by atoms with Gasteiger partial charge in [0.05, 0.1) is 13.5 Å². The van der Waals surface area contributed by atoms with Crippen LogP contribution in [0.4, 0.5) is 0 Å². The lowest BCUT2D eigenvalue weighted by atomic mass is 10.4. The number of hydrogen-bond acceptors (Lipinski definition) is 3. The summed E-state index contributed by atoms with van der Waals surface area (Å²) < 4.78 is 19.1. The molecule has 1 fully saturated rings. The molecular formula is C5H10NO3S2+. The molecule has 0 spiro atoms. The van der Waals surface area contributed by atoms with Crippen molar-refractivity contribution in [3.63, 3.8) is 0 Å². The Hall–Kier alpha value is 0.0900. The topological polar surface area (TPSA) is 54.4 Å². The molecule has 1 rings (SSSR count). The van der Waals surface area contributed by atoms with E-state index in [9.17, 15) is 9.00 Å². The number of nitrogens with zero attached hydrogens (tertiary/aromatic N) is 1. The van der Waals surface area contributed by atoms with Crippen molar-refractivity contribution in [1.82, 2.24) is 0 Å². The Balaban J connectivity index is 2.98. The van der Waals surface area contributed by atoms with Crippen LogP contribution in [0.1, 0.15) is 12.8 Å². The fourth-order valence-corrected chi connectivity index (χ4v) is 2.16. The Morgan fingerprint density at radius 2 is 2.36 bits per heavy atom. The van der Waals surface area contributed by atoms with E-state index in [0.29, 0.717) is 12.8 Å². The Morgan fingerprint density at radius 1 is 1.82 bits per heavy atom. The summed E-state index contributed by atoms with van der Waals surface area (Å²) in [5.74, 6) is -0.217. The fraction of sp³-hybridized carbons (Fsp3) is 0.800. The molecule has 4 nitrogen and oxygen atoms in total. The molecule has 0 saturated carbocycles. The normalized spacial score (nSPS) is 41.0. The SMILES string of the molecule is C[N+]1(S(=O)O)C(=O)CCC1S. The van der Waals surface area contributed by atoms with Crippen molar-refractivity contribution in [2.75, 3.05) is 7.05 Å². The number of carbonyl (C=O) groups excluding carboxylic acids is 1. The molecule has 1 N–H and O–H groups in total. The minimum absolute atomic E-state index is 0.217. The number of quaternary nitrogens is 1. The predicted molar refractivity (Wildman–Crippen MR) is 44.0 cm³/mol. The predicted octanol–water partition coefficient (Wildman–Crippen LogP) is 0.146. The Labute approximate surface area is 73.0 Å². The lowest BCUT2D eigenvalue weighted by molar-refractivity contribution is -0.705. The molecule has 0 aromatic heterocycles. The van der Waals surface area contributed by atoms with Gasteiger partial charge in [-0.05, 0) is 0 Å². The summed E-state index contributed by atoms with van der Waals surface area (Å²) in [7, 11) is 1.43. The molecule has 0 radical (unpaired) electrons. The molecule has 0 bridgehead atoms. The summed E-state index contributed by atoms with van der Waals surface area (Å²) >= 11 is 1.91. The van der Waals surface area contributed by atoms with Gasteiger partial charge in [-0.2, -0.15) is 4.21 Å². The van der Waals surface area contributed by atoms with Crippen LogP contribution in [-0.4, -0.2) is 31.0 Å². The highest BCUT2D eigenvalue weighted by Gasteiger charge is 2.49. The van der Waals surface area contributed by atoms with Gasteiger partial charge < -0.3 is 0 Å². The molecule has 3 atom stereocenters. The van der Waals surface area contributed by atoms with Crippen molar-refractivity contribution in [3.8, 4) is 0 Å². The smallest absolute Gasteiger partial charge is 0.260 e. The van der Waals surface area contributed by atoms with Crippen LogP contribution >= 0.6 is 12.6 Å². The van der Waals surface area contributed by atoms with Crippen molar-refractivity contribution >= 4 is 29.8 Å². The van der Waals surface area contributed by atoms with E-state index in [1.54, 1.807) is 0 Å². The molecule has 6 heteroatoms. The van der Waals surface area contributed by atoms with Gasteiger partial charge in [-0.25, -0.2) is 4.79 Å². The van der Waals surface area contributed by atoms with Crippen LogP contribution in [0.3, 0.4) is 0 Å².